The monoisotopic (exact) mass is 1400 g/mol. The fourth-order valence-electron chi connectivity index (χ4n) is 11.6. The summed E-state index contributed by atoms with van der Waals surface area (Å²) in [5.41, 5.74) is 0. The Labute approximate surface area is 581 Å². The zero-order valence-corrected chi connectivity index (χ0v) is 63.9. The topological polar surface area (TPSA) is 237 Å². The van der Waals surface area contributed by atoms with E-state index in [0.29, 0.717) is 25.7 Å². The van der Waals surface area contributed by atoms with Crippen molar-refractivity contribution < 1.29 is 80.2 Å². The minimum absolute atomic E-state index is 0.105. The number of hydrogen-bond acceptors (Lipinski definition) is 15. The van der Waals surface area contributed by atoms with Gasteiger partial charge in [-0.25, -0.2) is 9.13 Å². The first kappa shape index (κ1) is 93.1. The van der Waals surface area contributed by atoms with Gasteiger partial charge in [0, 0.05) is 25.7 Å². The lowest BCUT2D eigenvalue weighted by molar-refractivity contribution is -0.161. The lowest BCUT2D eigenvalue weighted by Gasteiger charge is -2.21. The molecule has 0 saturated heterocycles. The summed E-state index contributed by atoms with van der Waals surface area (Å²) in [7, 11) is -9.91. The number of aliphatic hydroxyl groups is 1. The third-order valence-corrected chi connectivity index (χ3v) is 19.9. The highest BCUT2D eigenvalue weighted by Gasteiger charge is 2.30. The van der Waals surface area contributed by atoms with E-state index < -0.39 is 97.5 Å². The van der Waals surface area contributed by atoms with E-state index in [1.807, 2.05) is 0 Å². The van der Waals surface area contributed by atoms with Gasteiger partial charge in [0.25, 0.3) is 0 Å². The second-order valence-electron chi connectivity index (χ2n) is 28.6. The van der Waals surface area contributed by atoms with E-state index in [9.17, 15) is 43.2 Å². The maximum atomic E-state index is 13.1. The fraction of sp³-hybridized carbons (Fsp3) is 0.947. The van der Waals surface area contributed by atoms with Gasteiger partial charge in [-0.1, -0.05) is 337 Å². The SMILES string of the molecule is CCCCCCCCCCCCCCCCC(=O)OC[C@H](COP(=O)(O)OC[C@@H](O)COP(=O)(O)OC[C@@H](COC(=O)CCCCCCCCCCC(C)C)OC(=O)CCCCCCCCCCCC(C)C)OC(=O)CCCCCCCCCCCCCCCCC(C)CC. The van der Waals surface area contributed by atoms with Crippen molar-refractivity contribution in [3.63, 3.8) is 0 Å². The number of phosphoric acid groups is 2. The van der Waals surface area contributed by atoms with Gasteiger partial charge in [-0.15, -0.1) is 0 Å². The summed E-state index contributed by atoms with van der Waals surface area (Å²) in [6.45, 7) is 11.9. The van der Waals surface area contributed by atoms with Crippen LogP contribution < -0.4 is 0 Å². The number of aliphatic hydroxyl groups excluding tert-OH is 1. The van der Waals surface area contributed by atoms with Crippen LogP contribution in [0.2, 0.25) is 0 Å². The van der Waals surface area contributed by atoms with Crippen LogP contribution in [0.15, 0.2) is 0 Å². The molecule has 0 amide bonds. The normalized spacial score (nSPS) is 14.4. The van der Waals surface area contributed by atoms with Gasteiger partial charge in [0.1, 0.15) is 19.3 Å². The smallest absolute Gasteiger partial charge is 0.462 e. The Morgan fingerprint density at radius 1 is 0.305 bits per heavy atom. The number of rotatable bonds is 74. The van der Waals surface area contributed by atoms with Crippen molar-refractivity contribution in [3.05, 3.63) is 0 Å². The molecule has 17 nitrogen and oxygen atoms in total. The molecule has 0 aromatic rings. The minimum atomic E-state index is -4.96. The highest BCUT2D eigenvalue weighted by molar-refractivity contribution is 7.47. The zero-order chi connectivity index (χ0) is 70.1. The van der Waals surface area contributed by atoms with Crippen LogP contribution in [-0.4, -0.2) is 96.7 Å². The number of carbonyl (C=O) groups excluding carboxylic acids is 4. The standard InChI is InChI=1S/C76H148O17P2/c1-8-10-11-12-13-14-15-16-20-23-28-36-43-50-57-73(78)86-63-71(92-75(80)59-52-45-38-29-24-21-18-17-19-22-27-35-42-49-56-69(7)9-2)65-90-94(82,83)88-61-70(77)62-89-95(84,85)91-66-72(64-87-74(79)58-51-44-37-32-31-34-41-48-55-68(5)6)93-76(81)60-53-46-39-30-25-26-33-40-47-54-67(3)4/h67-72,77H,8-66H2,1-7H3,(H,82,83)(H,84,85)/t69?,70-,71-,72-/m1/s1. The Morgan fingerprint density at radius 3 is 0.800 bits per heavy atom. The second-order valence-corrected chi connectivity index (χ2v) is 31.5. The molecule has 6 atom stereocenters. The maximum Gasteiger partial charge on any atom is 0.472 e. The van der Waals surface area contributed by atoms with E-state index in [1.165, 1.54) is 199 Å². The lowest BCUT2D eigenvalue weighted by atomic mass is 9.99. The van der Waals surface area contributed by atoms with Crippen LogP contribution in [0.1, 0.15) is 389 Å². The lowest BCUT2D eigenvalue weighted by Crippen LogP contribution is -2.30. The van der Waals surface area contributed by atoms with Gasteiger partial charge in [0.15, 0.2) is 12.2 Å². The molecule has 0 heterocycles. The van der Waals surface area contributed by atoms with Crippen molar-refractivity contribution in [2.75, 3.05) is 39.6 Å². The van der Waals surface area contributed by atoms with Gasteiger partial charge in [-0.2, -0.15) is 0 Å². The molecule has 0 aliphatic rings. The zero-order valence-electron chi connectivity index (χ0n) is 62.1. The summed E-state index contributed by atoms with van der Waals surface area (Å²) in [5.74, 6) is 0.191. The first-order valence-corrected chi connectivity index (χ1v) is 42.4. The van der Waals surface area contributed by atoms with E-state index in [1.54, 1.807) is 0 Å². The third kappa shape index (κ3) is 69.0. The van der Waals surface area contributed by atoms with Crippen molar-refractivity contribution in [1.29, 1.82) is 0 Å². The summed E-state index contributed by atoms with van der Waals surface area (Å²) in [4.78, 5) is 72.8. The Balaban J connectivity index is 5.25. The van der Waals surface area contributed by atoms with E-state index in [4.69, 9.17) is 37.0 Å². The van der Waals surface area contributed by atoms with Crippen molar-refractivity contribution in [2.24, 2.45) is 17.8 Å². The predicted octanol–water partition coefficient (Wildman–Crippen LogP) is 22.2. The van der Waals surface area contributed by atoms with Gasteiger partial charge >= 0.3 is 39.5 Å². The Hall–Kier alpha value is -1.94. The largest absolute Gasteiger partial charge is 0.472 e. The molecule has 0 aromatic carbocycles. The highest BCUT2D eigenvalue weighted by atomic mass is 31.2. The van der Waals surface area contributed by atoms with Crippen LogP contribution in [0.3, 0.4) is 0 Å². The van der Waals surface area contributed by atoms with Gasteiger partial charge in [0.2, 0.25) is 0 Å². The van der Waals surface area contributed by atoms with Crippen LogP contribution in [-0.2, 0) is 65.4 Å². The molecular formula is C76H148O17P2. The molecule has 0 aliphatic carbocycles. The predicted molar refractivity (Wildman–Crippen MR) is 386 cm³/mol. The number of ether oxygens (including phenoxy) is 4. The third-order valence-electron chi connectivity index (χ3n) is 18.0. The van der Waals surface area contributed by atoms with E-state index >= 15 is 0 Å². The molecule has 3 N–H and O–H groups in total. The van der Waals surface area contributed by atoms with Crippen LogP contribution in [0.4, 0.5) is 0 Å². The first-order chi connectivity index (χ1) is 45.8. The van der Waals surface area contributed by atoms with Crippen LogP contribution >= 0.6 is 15.6 Å². The Morgan fingerprint density at radius 2 is 0.537 bits per heavy atom. The molecule has 564 valence electrons. The van der Waals surface area contributed by atoms with E-state index in [0.717, 1.165) is 108 Å². The summed E-state index contributed by atoms with van der Waals surface area (Å²) in [6.07, 6.45) is 52.6. The van der Waals surface area contributed by atoms with Crippen molar-refractivity contribution in [3.8, 4) is 0 Å². The average Bonchev–Trinajstić information content (AvgIpc) is 1.74. The highest BCUT2D eigenvalue weighted by Crippen LogP contribution is 2.45. The van der Waals surface area contributed by atoms with Crippen LogP contribution in [0.25, 0.3) is 0 Å². The first-order valence-electron chi connectivity index (χ1n) is 39.4. The molecule has 95 heavy (non-hydrogen) atoms. The fourth-order valence-corrected chi connectivity index (χ4v) is 13.1. The van der Waals surface area contributed by atoms with Crippen LogP contribution in [0.5, 0.6) is 0 Å². The molecule has 0 bridgehead atoms. The van der Waals surface area contributed by atoms with Crippen molar-refractivity contribution in [1.82, 2.24) is 0 Å². The number of hydrogen-bond donors (Lipinski definition) is 3. The van der Waals surface area contributed by atoms with E-state index in [-0.39, 0.29) is 25.7 Å². The quantitative estimate of drug-likeness (QED) is 0.0222. The van der Waals surface area contributed by atoms with Crippen molar-refractivity contribution >= 4 is 39.5 Å². The summed E-state index contributed by atoms with van der Waals surface area (Å²) >= 11 is 0. The molecule has 0 rings (SSSR count). The molecule has 0 fully saturated rings. The Kier molecular flexibility index (Phi) is 65.2. The van der Waals surface area contributed by atoms with E-state index in [2.05, 4.69) is 48.5 Å². The van der Waals surface area contributed by atoms with Gasteiger partial charge in [0.05, 0.1) is 26.4 Å². The van der Waals surface area contributed by atoms with Crippen LogP contribution in [0, 0.1) is 17.8 Å². The second kappa shape index (κ2) is 66.6. The number of phosphoric ester groups is 2. The molecule has 0 aromatic heterocycles. The molecule has 0 spiro atoms. The summed E-state index contributed by atoms with van der Waals surface area (Å²) < 4.78 is 68.5. The molecular weight excluding hydrogens is 1250 g/mol. The Bertz CT molecular complexity index is 1850. The molecule has 19 heteroatoms. The summed E-state index contributed by atoms with van der Waals surface area (Å²) in [6, 6.07) is 0. The molecule has 0 radical (unpaired) electrons. The maximum absolute atomic E-state index is 13.1. The number of carbonyl (C=O) groups is 4. The average molecular weight is 1400 g/mol. The van der Waals surface area contributed by atoms with Gasteiger partial charge in [-0.3, -0.25) is 37.3 Å². The molecule has 0 aliphatic heterocycles. The summed E-state index contributed by atoms with van der Waals surface area (Å²) in [5, 5.41) is 10.6. The van der Waals surface area contributed by atoms with Crippen molar-refractivity contribution in [2.45, 2.75) is 407 Å². The van der Waals surface area contributed by atoms with Gasteiger partial charge in [-0.05, 0) is 43.4 Å². The molecule has 3 unspecified atom stereocenters. The number of esters is 4. The minimum Gasteiger partial charge on any atom is -0.462 e. The number of unbranched alkanes of at least 4 members (excludes halogenated alkanes) is 41. The van der Waals surface area contributed by atoms with Gasteiger partial charge < -0.3 is 33.8 Å². The molecule has 0 saturated carbocycles.